The quantitative estimate of drug-likeness (QED) is 0.265. The van der Waals surface area contributed by atoms with E-state index in [4.69, 9.17) is 9.47 Å². The first kappa shape index (κ1) is 25.1. The molecule has 0 unspecified atom stereocenters. The maximum atomic E-state index is 14.4. The summed E-state index contributed by atoms with van der Waals surface area (Å²) in [7, 11) is 0. The van der Waals surface area contributed by atoms with E-state index in [2.05, 4.69) is 6.92 Å². The standard InChI is InChI=1S/C27H33F3O3/c1-3-5-20-6-8-21(9-7-20)16-17-27(29,30)33-23-14-15-24(25(28)18-23)26(31)32-22-12-10-19(4-2)11-13-22/h10-15,18,20-21H,3-9,16-17H2,1-2H3. The largest absolute Gasteiger partial charge is 0.432 e. The molecule has 2 aromatic carbocycles. The second kappa shape index (κ2) is 11.6. The van der Waals surface area contributed by atoms with Crippen LogP contribution in [0.15, 0.2) is 42.5 Å². The molecule has 0 aliphatic heterocycles. The summed E-state index contributed by atoms with van der Waals surface area (Å²) < 4.78 is 53.1. The van der Waals surface area contributed by atoms with E-state index < -0.39 is 24.3 Å². The Morgan fingerprint density at radius 1 is 0.939 bits per heavy atom. The Balaban J connectivity index is 1.52. The van der Waals surface area contributed by atoms with Gasteiger partial charge in [0.2, 0.25) is 0 Å². The van der Waals surface area contributed by atoms with Crippen LogP contribution < -0.4 is 9.47 Å². The van der Waals surface area contributed by atoms with Gasteiger partial charge in [-0.3, -0.25) is 0 Å². The van der Waals surface area contributed by atoms with Gasteiger partial charge in [0, 0.05) is 6.07 Å². The molecule has 2 aromatic rings. The smallest absolute Gasteiger partial charge is 0.397 e. The Morgan fingerprint density at radius 3 is 2.12 bits per heavy atom. The van der Waals surface area contributed by atoms with E-state index in [9.17, 15) is 18.0 Å². The van der Waals surface area contributed by atoms with Crippen molar-refractivity contribution in [2.75, 3.05) is 0 Å². The van der Waals surface area contributed by atoms with Crippen molar-refractivity contribution < 1.29 is 27.4 Å². The summed E-state index contributed by atoms with van der Waals surface area (Å²) >= 11 is 0. The number of alkyl halides is 2. The molecular weight excluding hydrogens is 429 g/mol. The number of halogens is 3. The molecular formula is C27H33F3O3. The van der Waals surface area contributed by atoms with Gasteiger partial charge in [-0.25, -0.2) is 9.18 Å². The molecule has 180 valence electrons. The molecule has 0 bridgehead atoms. The highest BCUT2D eigenvalue weighted by molar-refractivity contribution is 5.91. The van der Waals surface area contributed by atoms with Crippen LogP contribution in [0.1, 0.15) is 81.1 Å². The number of hydrogen-bond acceptors (Lipinski definition) is 3. The summed E-state index contributed by atoms with van der Waals surface area (Å²) in [5.41, 5.74) is 0.738. The third-order valence-electron chi connectivity index (χ3n) is 6.48. The minimum atomic E-state index is -3.39. The first-order valence-electron chi connectivity index (χ1n) is 12.0. The molecule has 1 fully saturated rings. The normalized spacial score (nSPS) is 18.7. The van der Waals surface area contributed by atoms with Crippen LogP contribution in [0.4, 0.5) is 13.2 Å². The number of ether oxygens (including phenoxy) is 2. The number of benzene rings is 2. The molecule has 0 aromatic heterocycles. The van der Waals surface area contributed by atoms with Gasteiger partial charge in [0.05, 0.1) is 12.0 Å². The molecule has 0 heterocycles. The zero-order valence-electron chi connectivity index (χ0n) is 19.4. The Kier molecular flexibility index (Phi) is 8.81. The van der Waals surface area contributed by atoms with E-state index in [0.29, 0.717) is 6.42 Å². The molecule has 3 rings (SSSR count). The number of hydrogen-bond donors (Lipinski definition) is 0. The molecule has 6 heteroatoms. The summed E-state index contributed by atoms with van der Waals surface area (Å²) in [6, 6.07) is 9.97. The van der Waals surface area contributed by atoms with Crippen molar-refractivity contribution in [1.82, 2.24) is 0 Å². The van der Waals surface area contributed by atoms with Gasteiger partial charge in [-0.15, -0.1) is 0 Å². The third kappa shape index (κ3) is 7.51. The van der Waals surface area contributed by atoms with Crippen molar-refractivity contribution in [3.05, 3.63) is 59.4 Å². The summed E-state index contributed by atoms with van der Waals surface area (Å²) in [5.74, 6) is -0.874. The molecule has 0 radical (unpaired) electrons. The number of carbonyl (C=O) groups is 1. The van der Waals surface area contributed by atoms with E-state index in [1.165, 1.54) is 18.9 Å². The number of carbonyl (C=O) groups excluding carboxylic acids is 1. The first-order valence-corrected chi connectivity index (χ1v) is 12.0. The summed E-state index contributed by atoms with van der Waals surface area (Å²) in [6.07, 6.45) is 3.98. The molecule has 0 spiro atoms. The average molecular weight is 463 g/mol. The third-order valence-corrected chi connectivity index (χ3v) is 6.48. The van der Waals surface area contributed by atoms with Crippen LogP contribution in [0.5, 0.6) is 11.5 Å². The first-order chi connectivity index (χ1) is 15.8. The van der Waals surface area contributed by atoms with Crippen LogP contribution >= 0.6 is 0 Å². The lowest BCUT2D eigenvalue weighted by molar-refractivity contribution is -0.183. The van der Waals surface area contributed by atoms with Crippen LogP contribution in [0, 0.1) is 17.7 Å². The van der Waals surface area contributed by atoms with Crippen LogP contribution in [-0.4, -0.2) is 12.1 Å². The Hall–Kier alpha value is -2.50. The second-order valence-corrected chi connectivity index (χ2v) is 8.98. The molecule has 1 aliphatic rings. The topological polar surface area (TPSA) is 35.5 Å². The van der Waals surface area contributed by atoms with Crippen LogP contribution in [0.25, 0.3) is 0 Å². The molecule has 0 amide bonds. The highest BCUT2D eigenvalue weighted by Crippen LogP contribution is 2.36. The van der Waals surface area contributed by atoms with E-state index in [1.54, 1.807) is 12.1 Å². The number of esters is 1. The van der Waals surface area contributed by atoms with Crippen molar-refractivity contribution in [3.63, 3.8) is 0 Å². The molecule has 1 saturated carbocycles. The van der Waals surface area contributed by atoms with Gasteiger partial charge in [0.15, 0.2) is 0 Å². The van der Waals surface area contributed by atoms with Crippen LogP contribution in [0.3, 0.4) is 0 Å². The molecule has 0 saturated heterocycles. The molecule has 3 nitrogen and oxygen atoms in total. The Labute approximate surface area is 194 Å². The minimum Gasteiger partial charge on any atom is -0.432 e. The number of aryl methyl sites for hydroxylation is 1. The predicted molar refractivity (Wildman–Crippen MR) is 122 cm³/mol. The van der Waals surface area contributed by atoms with Gasteiger partial charge in [-0.1, -0.05) is 64.5 Å². The molecule has 0 N–H and O–H groups in total. The van der Waals surface area contributed by atoms with Crippen molar-refractivity contribution in [2.45, 2.75) is 77.7 Å². The SMILES string of the molecule is CCCC1CCC(CCC(F)(F)Oc2ccc(C(=O)Oc3ccc(CC)cc3)c(F)c2)CC1. The van der Waals surface area contributed by atoms with Gasteiger partial charge >= 0.3 is 12.1 Å². The summed E-state index contributed by atoms with van der Waals surface area (Å²) in [5, 5.41) is 0. The molecule has 1 aliphatic carbocycles. The lowest BCUT2D eigenvalue weighted by atomic mass is 9.78. The summed E-state index contributed by atoms with van der Waals surface area (Å²) in [4.78, 5) is 12.3. The van der Waals surface area contributed by atoms with Crippen LogP contribution in [0.2, 0.25) is 0 Å². The summed E-state index contributed by atoms with van der Waals surface area (Å²) in [6.45, 7) is 4.18. The van der Waals surface area contributed by atoms with E-state index in [1.807, 2.05) is 19.1 Å². The van der Waals surface area contributed by atoms with Gasteiger partial charge < -0.3 is 9.47 Å². The van der Waals surface area contributed by atoms with Gasteiger partial charge in [-0.2, -0.15) is 8.78 Å². The van der Waals surface area contributed by atoms with Gasteiger partial charge in [-0.05, 0) is 54.5 Å². The van der Waals surface area contributed by atoms with Crippen LogP contribution in [-0.2, 0) is 6.42 Å². The maximum Gasteiger partial charge on any atom is 0.397 e. The fourth-order valence-corrected chi connectivity index (χ4v) is 4.49. The lowest BCUT2D eigenvalue weighted by Gasteiger charge is -2.29. The zero-order chi connectivity index (χ0) is 23.8. The van der Waals surface area contributed by atoms with Crippen molar-refractivity contribution >= 4 is 5.97 Å². The number of rotatable bonds is 10. The van der Waals surface area contributed by atoms with Gasteiger partial charge in [0.25, 0.3) is 0 Å². The average Bonchev–Trinajstić information content (AvgIpc) is 2.79. The van der Waals surface area contributed by atoms with Gasteiger partial charge in [0.1, 0.15) is 17.3 Å². The zero-order valence-corrected chi connectivity index (χ0v) is 19.4. The van der Waals surface area contributed by atoms with E-state index in [-0.39, 0.29) is 23.0 Å². The van der Waals surface area contributed by atoms with Crippen molar-refractivity contribution in [1.29, 1.82) is 0 Å². The highest BCUT2D eigenvalue weighted by atomic mass is 19.3. The van der Waals surface area contributed by atoms with Crippen molar-refractivity contribution in [3.8, 4) is 11.5 Å². The fourth-order valence-electron chi connectivity index (χ4n) is 4.49. The molecule has 0 atom stereocenters. The maximum absolute atomic E-state index is 14.4. The van der Waals surface area contributed by atoms with E-state index in [0.717, 1.165) is 55.7 Å². The second-order valence-electron chi connectivity index (χ2n) is 8.98. The fraction of sp³-hybridized carbons (Fsp3) is 0.519. The molecule has 33 heavy (non-hydrogen) atoms. The Morgan fingerprint density at radius 2 is 1.55 bits per heavy atom. The van der Waals surface area contributed by atoms with Crippen molar-refractivity contribution in [2.24, 2.45) is 11.8 Å². The highest BCUT2D eigenvalue weighted by Gasteiger charge is 2.33. The minimum absolute atomic E-state index is 0.284. The predicted octanol–water partition coefficient (Wildman–Crippen LogP) is 7.97. The Bertz CT molecular complexity index is 903. The lowest BCUT2D eigenvalue weighted by Crippen LogP contribution is -2.26. The monoisotopic (exact) mass is 462 g/mol. The van der Waals surface area contributed by atoms with E-state index >= 15 is 0 Å².